The van der Waals surface area contributed by atoms with Gasteiger partial charge in [0.2, 0.25) is 11.8 Å². The number of aromatic nitrogens is 4. The minimum absolute atomic E-state index is 0.239. The van der Waals surface area contributed by atoms with E-state index in [1.54, 1.807) is 6.33 Å². The van der Waals surface area contributed by atoms with E-state index in [1.165, 1.54) is 0 Å². The van der Waals surface area contributed by atoms with Gasteiger partial charge in [-0.2, -0.15) is 9.97 Å². The third-order valence-corrected chi connectivity index (χ3v) is 3.71. The minimum atomic E-state index is 0.239. The molecule has 0 bridgehead atoms. The van der Waals surface area contributed by atoms with Crippen LogP contribution in [0.15, 0.2) is 30.6 Å². The van der Waals surface area contributed by atoms with Crippen molar-refractivity contribution in [3.8, 4) is 5.88 Å². The number of imidazole rings is 1. The van der Waals surface area contributed by atoms with E-state index >= 15 is 0 Å². The average molecular weight is 326 g/mol. The minimum Gasteiger partial charge on any atom is -0.476 e. The second-order valence-electron chi connectivity index (χ2n) is 5.69. The largest absolute Gasteiger partial charge is 0.476 e. The van der Waals surface area contributed by atoms with Gasteiger partial charge in [0.15, 0.2) is 11.2 Å². The van der Waals surface area contributed by atoms with Gasteiger partial charge in [-0.1, -0.05) is 18.2 Å². The molecule has 0 unspecified atom stereocenters. The van der Waals surface area contributed by atoms with Gasteiger partial charge in [-0.25, -0.2) is 4.98 Å². The van der Waals surface area contributed by atoms with E-state index in [4.69, 9.17) is 10.5 Å². The van der Waals surface area contributed by atoms with Crippen LogP contribution < -0.4 is 15.8 Å². The van der Waals surface area contributed by atoms with E-state index in [0.29, 0.717) is 30.5 Å². The van der Waals surface area contributed by atoms with Crippen LogP contribution in [0, 0.1) is 0 Å². The predicted molar refractivity (Wildman–Crippen MR) is 94.5 cm³/mol. The molecule has 0 amide bonds. The maximum atomic E-state index is 5.80. The molecule has 0 aliphatic rings. The molecule has 3 aromatic rings. The Morgan fingerprint density at radius 3 is 2.75 bits per heavy atom. The van der Waals surface area contributed by atoms with Gasteiger partial charge in [-0.05, 0) is 32.4 Å². The van der Waals surface area contributed by atoms with Crippen molar-refractivity contribution in [2.75, 3.05) is 11.9 Å². The summed E-state index contributed by atoms with van der Waals surface area (Å²) in [5.41, 5.74) is 9.10. The number of hydrogen-bond acceptors (Lipinski definition) is 6. The summed E-state index contributed by atoms with van der Waals surface area (Å²) in [5.74, 6) is 0.948. The summed E-state index contributed by atoms with van der Waals surface area (Å²) in [7, 11) is 0. The molecule has 0 fully saturated rings. The second-order valence-corrected chi connectivity index (χ2v) is 5.69. The van der Waals surface area contributed by atoms with Gasteiger partial charge in [0.1, 0.15) is 0 Å². The molecule has 3 N–H and O–H groups in total. The summed E-state index contributed by atoms with van der Waals surface area (Å²) in [4.78, 5) is 13.5. The molecule has 7 heteroatoms. The highest BCUT2D eigenvalue weighted by molar-refractivity contribution is 5.78. The van der Waals surface area contributed by atoms with Gasteiger partial charge >= 0.3 is 0 Å². The zero-order valence-electron chi connectivity index (χ0n) is 14.2. The normalized spacial score (nSPS) is 11.2. The molecule has 0 saturated heterocycles. The van der Waals surface area contributed by atoms with Crippen molar-refractivity contribution < 1.29 is 4.74 Å². The molecule has 126 valence electrons. The third kappa shape index (κ3) is 3.03. The molecule has 0 spiro atoms. The summed E-state index contributed by atoms with van der Waals surface area (Å²) in [6.07, 6.45) is 1.77. The Kier molecular flexibility index (Phi) is 4.61. The SMILES string of the molecule is CCOc1nc(Nc2ccccc2CN)nc2c1ncn2C(C)C. The fourth-order valence-corrected chi connectivity index (χ4v) is 2.50. The molecule has 3 rings (SSSR count). The van der Waals surface area contributed by atoms with Crippen LogP contribution in [0.3, 0.4) is 0 Å². The first-order chi connectivity index (χ1) is 11.6. The van der Waals surface area contributed by atoms with Gasteiger partial charge < -0.3 is 20.4 Å². The molecule has 0 aliphatic carbocycles. The van der Waals surface area contributed by atoms with Gasteiger partial charge in [-0.3, -0.25) is 0 Å². The van der Waals surface area contributed by atoms with Crippen LogP contribution in [0.4, 0.5) is 11.6 Å². The Bertz CT molecular complexity index is 842. The summed E-state index contributed by atoms with van der Waals surface area (Å²) >= 11 is 0. The van der Waals surface area contributed by atoms with Gasteiger partial charge in [0.05, 0.1) is 12.9 Å². The Morgan fingerprint density at radius 1 is 1.25 bits per heavy atom. The number of para-hydroxylation sites is 1. The third-order valence-electron chi connectivity index (χ3n) is 3.71. The van der Waals surface area contributed by atoms with Crippen molar-refractivity contribution in [1.82, 2.24) is 19.5 Å². The predicted octanol–water partition coefficient (Wildman–Crippen LogP) is 3.01. The first kappa shape index (κ1) is 16.2. The number of benzene rings is 1. The molecule has 2 heterocycles. The van der Waals surface area contributed by atoms with Crippen LogP contribution in [0.25, 0.3) is 11.2 Å². The first-order valence-electron chi connectivity index (χ1n) is 8.06. The van der Waals surface area contributed by atoms with E-state index in [2.05, 4.69) is 34.1 Å². The molecule has 1 aromatic carbocycles. The first-order valence-corrected chi connectivity index (χ1v) is 8.06. The Morgan fingerprint density at radius 2 is 2.04 bits per heavy atom. The lowest BCUT2D eigenvalue weighted by Gasteiger charge is -2.12. The molecule has 0 saturated carbocycles. The number of hydrogen-bond donors (Lipinski definition) is 2. The standard InChI is InChI=1S/C17H22N6O/c1-4-24-16-14-15(23(10-19-14)11(2)3)21-17(22-16)20-13-8-6-5-7-12(13)9-18/h5-8,10-11H,4,9,18H2,1-3H3,(H,20,21,22). The lowest BCUT2D eigenvalue weighted by atomic mass is 10.2. The van der Waals surface area contributed by atoms with Crippen molar-refractivity contribution in [2.24, 2.45) is 5.73 Å². The number of nitrogens with two attached hydrogens (primary N) is 1. The molecule has 0 radical (unpaired) electrons. The zero-order chi connectivity index (χ0) is 17.1. The van der Waals surface area contributed by atoms with Crippen LogP contribution in [-0.2, 0) is 6.54 Å². The number of fused-ring (bicyclic) bond motifs is 1. The summed E-state index contributed by atoms with van der Waals surface area (Å²) in [5, 5.41) is 3.25. The van der Waals surface area contributed by atoms with Crippen LogP contribution in [0.1, 0.15) is 32.4 Å². The smallest absolute Gasteiger partial charge is 0.247 e. The highest BCUT2D eigenvalue weighted by Crippen LogP contribution is 2.27. The molecular weight excluding hydrogens is 304 g/mol. The van der Waals surface area contributed by atoms with E-state index in [9.17, 15) is 0 Å². The number of nitrogens with zero attached hydrogens (tertiary/aromatic N) is 4. The Hall–Kier alpha value is -2.67. The summed E-state index contributed by atoms with van der Waals surface area (Å²) in [6, 6.07) is 8.07. The van der Waals surface area contributed by atoms with Crippen molar-refractivity contribution in [1.29, 1.82) is 0 Å². The van der Waals surface area contributed by atoms with E-state index in [-0.39, 0.29) is 6.04 Å². The van der Waals surface area contributed by atoms with Gasteiger partial charge in [0, 0.05) is 18.3 Å². The Balaban J connectivity index is 2.08. The van der Waals surface area contributed by atoms with Crippen LogP contribution in [-0.4, -0.2) is 26.1 Å². The van der Waals surface area contributed by atoms with E-state index in [1.807, 2.05) is 35.8 Å². The monoisotopic (exact) mass is 326 g/mol. The van der Waals surface area contributed by atoms with Crippen molar-refractivity contribution in [2.45, 2.75) is 33.4 Å². The van der Waals surface area contributed by atoms with Gasteiger partial charge in [0.25, 0.3) is 0 Å². The maximum absolute atomic E-state index is 5.80. The highest BCUT2D eigenvalue weighted by Gasteiger charge is 2.16. The van der Waals surface area contributed by atoms with Crippen LogP contribution in [0.5, 0.6) is 5.88 Å². The molecule has 0 atom stereocenters. The number of ether oxygens (including phenoxy) is 1. The topological polar surface area (TPSA) is 90.9 Å². The van der Waals surface area contributed by atoms with Crippen molar-refractivity contribution in [3.63, 3.8) is 0 Å². The lowest BCUT2D eigenvalue weighted by molar-refractivity contribution is 0.330. The number of rotatable bonds is 6. The highest BCUT2D eigenvalue weighted by atomic mass is 16.5. The van der Waals surface area contributed by atoms with E-state index in [0.717, 1.165) is 16.9 Å². The van der Waals surface area contributed by atoms with Crippen LogP contribution >= 0.6 is 0 Å². The lowest BCUT2D eigenvalue weighted by Crippen LogP contribution is -2.07. The number of nitrogens with one attached hydrogen (secondary N) is 1. The maximum Gasteiger partial charge on any atom is 0.247 e. The average Bonchev–Trinajstić information content (AvgIpc) is 3.00. The molecule has 0 aliphatic heterocycles. The van der Waals surface area contributed by atoms with Crippen molar-refractivity contribution >= 4 is 22.8 Å². The number of anilines is 2. The van der Waals surface area contributed by atoms with Crippen molar-refractivity contribution in [3.05, 3.63) is 36.2 Å². The van der Waals surface area contributed by atoms with E-state index < -0.39 is 0 Å². The quantitative estimate of drug-likeness (QED) is 0.723. The summed E-state index contributed by atoms with van der Waals surface area (Å²) in [6.45, 7) is 7.04. The van der Waals surface area contributed by atoms with Crippen LogP contribution in [0.2, 0.25) is 0 Å². The molecule has 24 heavy (non-hydrogen) atoms. The molecule has 2 aromatic heterocycles. The van der Waals surface area contributed by atoms with Gasteiger partial charge in [-0.15, -0.1) is 0 Å². The molecule has 7 nitrogen and oxygen atoms in total. The zero-order valence-corrected chi connectivity index (χ0v) is 14.2. The fourth-order valence-electron chi connectivity index (χ4n) is 2.50. The second kappa shape index (κ2) is 6.84. The Labute approximate surface area is 140 Å². The fraction of sp³-hybridized carbons (Fsp3) is 0.353. The summed E-state index contributed by atoms with van der Waals surface area (Å²) < 4.78 is 7.66. The molecular formula is C17H22N6O.